The Kier molecular flexibility index (Phi) is 4.88. The van der Waals surface area contributed by atoms with Crippen LogP contribution in [-0.2, 0) is 29.3 Å². The molecule has 0 saturated heterocycles. The third kappa shape index (κ3) is 3.31. The van der Waals surface area contributed by atoms with E-state index in [1.807, 2.05) is 42.5 Å². The summed E-state index contributed by atoms with van der Waals surface area (Å²) in [5.74, 6) is 0.795. The second kappa shape index (κ2) is 7.47. The predicted molar refractivity (Wildman–Crippen MR) is 101 cm³/mol. The summed E-state index contributed by atoms with van der Waals surface area (Å²) in [6, 6.07) is 11.2. The van der Waals surface area contributed by atoms with E-state index in [0.29, 0.717) is 31.9 Å². The van der Waals surface area contributed by atoms with Crippen molar-refractivity contribution in [3.63, 3.8) is 0 Å². The van der Waals surface area contributed by atoms with E-state index in [-0.39, 0.29) is 5.78 Å². The lowest BCUT2D eigenvalue weighted by molar-refractivity contribution is -0.120. The van der Waals surface area contributed by atoms with Crippen molar-refractivity contribution in [1.82, 2.24) is 4.90 Å². The van der Waals surface area contributed by atoms with Crippen LogP contribution >= 0.6 is 0 Å². The minimum Gasteiger partial charge on any atom is -0.497 e. The number of hydrogen-bond donors (Lipinski definition) is 0. The molecule has 5 heteroatoms. The third-order valence-corrected chi connectivity index (χ3v) is 5.21. The van der Waals surface area contributed by atoms with Gasteiger partial charge in [-0.15, -0.1) is 0 Å². The standard InChI is InChI=1S/C22H21NO4/c1-26-17-7-4-15(5-8-17)11-23-10-2-3-21(25)22(23)18-9-6-16-13-27-14-20(16)19(18)12-24/h2-9,12,22H,10-11,13-14H2,1H3. The van der Waals surface area contributed by atoms with Crippen LogP contribution in [0.1, 0.15) is 38.7 Å². The van der Waals surface area contributed by atoms with Gasteiger partial charge in [-0.25, -0.2) is 0 Å². The number of aldehydes is 1. The zero-order chi connectivity index (χ0) is 18.8. The molecule has 1 unspecified atom stereocenters. The van der Waals surface area contributed by atoms with Gasteiger partial charge in [-0.05, 0) is 40.5 Å². The Morgan fingerprint density at radius 2 is 2.00 bits per heavy atom. The largest absolute Gasteiger partial charge is 0.497 e. The van der Waals surface area contributed by atoms with Crippen molar-refractivity contribution < 1.29 is 19.1 Å². The Bertz CT molecular complexity index is 901. The highest BCUT2D eigenvalue weighted by Gasteiger charge is 2.32. The second-order valence-electron chi connectivity index (χ2n) is 6.80. The topological polar surface area (TPSA) is 55.8 Å². The average Bonchev–Trinajstić information content (AvgIpc) is 3.17. The van der Waals surface area contributed by atoms with Crippen molar-refractivity contribution >= 4 is 12.1 Å². The smallest absolute Gasteiger partial charge is 0.177 e. The maximum Gasteiger partial charge on any atom is 0.177 e. The zero-order valence-electron chi connectivity index (χ0n) is 15.2. The molecule has 138 valence electrons. The van der Waals surface area contributed by atoms with Gasteiger partial charge in [0, 0.05) is 18.7 Å². The van der Waals surface area contributed by atoms with Crippen molar-refractivity contribution in [1.29, 1.82) is 0 Å². The van der Waals surface area contributed by atoms with Crippen LogP contribution in [0.25, 0.3) is 0 Å². The maximum atomic E-state index is 12.8. The number of benzene rings is 2. The SMILES string of the molecule is COc1ccc(CN2CC=CC(=O)C2c2ccc3c(c2C=O)COC3)cc1. The minimum atomic E-state index is -0.469. The molecule has 2 aromatic carbocycles. The number of fused-ring (bicyclic) bond motifs is 1. The first kappa shape index (κ1) is 17.6. The number of ether oxygens (including phenoxy) is 2. The van der Waals surface area contributed by atoms with E-state index < -0.39 is 6.04 Å². The summed E-state index contributed by atoms with van der Waals surface area (Å²) in [5.41, 5.74) is 4.38. The lowest BCUT2D eigenvalue weighted by Crippen LogP contribution is -2.36. The van der Waals surface area contributed by atoms with Crippen molar-refractivity contribution in [3.8, 4) is 5.75 Å². The Hall–Kier alpha value is -2.76. The first-order valence-corrected chi connectivity index (χ1v) is 8.96. The van der Waals surface area contributed by atoms with Crippen LogP contribution in [0.4, 0.5) is 0 Å². The van der Waals surface area contributed by atoms with Crippen LogP contribution < -0.4 is 4.74 Å². The molecule has 0 amide bonds. The maximum absolute atomic E-state index is 12.8. The van der Waals surface area contributed by atoms with Gasteiger partial charge in [0.05, 0.1) is 26.4 Å². The monoisotopic (exact) mass is 363 g/mol. The molecule has 0 N–H and O–H groups in total. The van der Waals surface area contributed by atoms with Crippen molar-refractivity contribution in [3.05, 3.63) is 76.4 Å². The number of methoxy groups -OCH3 is 1. The van der Waals surface area contributed by atoms with Gasteiger partial charge in [-0.3, -0.25) is 14.5 Å². The van der Waals surface area contributed by atoms with Gasteiger partial charge in [0.15, 0.2) is 12.1 Å². The summed E-state index contributed by atoms with van der Waals surface area (Å²) in [4.78, 5) is 26.7. The number of rotatable bonds is 5. The molecule has 0 fully saturated rings. The molecule has 0 aliphatic carbocycles. The summed E-state index contributed by atoms with van der Waals surface area (Å²) in [7, 11) is 1.64. The van der Waals surface area contributed by atoms with E-state index in [0.717, 1.165) is 34.3 Å². The van der Waals surface area contributed by atoms with Gasteiger partial charge in [0.1, 0.15) is 5.75 Å². The highest BCUT2D eigenvalue weighted by Crippen LogP contribution is 2.34. The molecule has 0 bridgehead atoms. The zero-order valence-corrected chi connectivity index (χ0v) is 15.2. The molecule has 1 atom stereocenters. The van der Waals surface area contributed by atoms with Crippen molar-refractivity contribution in [2.75, 3.05) is 13.7 Å². The number of ketones is 1. The summed E-state index contributed by atoms with van der Waals surface area (Å²) in [6.07, 6.45) is 4.35. The number of hydrogen-bond acceptors (Lipinski definition) is 5. The van der Waals surface area contributed by atoms with Crippen LogP contribution in [0.2, 0.25) is 0 Å². The molecule has 0 spiro atoms. The Morgan fingerprint density at radius 3 is 2.74 bits per heavy atom. The normalized spacial score (nSPS) is 19.1. The molecule has 2 aliphatic rings. The number of nitrogens with zero attached hydrogens (tertiary/aromatic N) is 1. The number of carbonyl (C=O) groups excluding carboxylic acids is 2. The first-order chi connectivity index (χ1) is 13.2. The fraction of sp³-hybridized carbons (Fsp3) is 0.273. The van der Waals surface area contributed by atoms with Gasteiger partial charge in [-0.2, -0.15) is 0 Å². The lowest BCUT2D eigenvalue weighted by atomic mass is 9.89. The van der Waals surface area contributed by atoms with Crippen molar-refractivity contribution in [2.45, 2.75) is 25.8 Å². The van der Waals surface area contributed by atoms with Gasteiger partial charge in [-0.1, -0.05) is 30.3 Å². The van der Waals surface area contributed by atoms with E-state index in [1.165, 1.54) is 0 Å². The van der Waals surface area contributed by atoms with Crippen molar-refractivity contribution in [2.24, 2.45) is 0 Å². The predicted octanol–water partition coefficient (Wildman–Crippen LogP) is 3.22. The quantitative estimate of drug-likeness (QED) is 0.764. The molecule has 2 aromatic rings. The van der Waals surface area contributed by atoms with Gasteiger partial charge in [0.25, 0.3) is 0 Å². The van der Waals surface area contributed by atoms with Gasteiger partial charge >= 0.3 is 0 Å². The average molecular weight is 363 g/mol. The Labute approximate surface area is 158 Å². The van der Waals surface area contributed by atoms with Gasteiger partial charge in [0.2, 0.25) is 0 Å². The van der Waals surface area contributed by atoms with E-state index >= 15 is 0 Å². The molecular formula is C22H21NO4. The molecule has 5 nitrogen and oxygen atoms in total. The summed E-state index contributed by atoms with van der Waals surface area (Å²) < 4.78 is 10.7. The first-order valence-electron chi connectivity index (χ1n) is 8.96. The van der Waals surface area contributed by atoms with E-state index in [9.17, 15) is 9.59 Å². The lowest BCUT2D eigenvalue weighted by Gasteiger charge is -2.33. The highest BCUT2D eigenvalue weighted by molar-refractivity contribution is 5.98. The van der Waals surface area contributed by atoms with Crippen LogP contribution in [0.15, 0.2) is 48.6 Å². The second-order valence-corrected chi connectivity index (χ2v) is 6.80. The fourth-order valence-corrected chi connectivity index (χ4v) is 3.83. The Morgan fingerprint density at radius 1 is 1.19 bits per heavy atom. The van der Waals surface area contributed by atoms with Crippen LogP contribution in [0.5, 0.6) is 5.75 Å². The molecule has 2 aliphatic heterocycles. The summed E-state index contributed by atoms with van der Waals surface area (Å²) >= 11 is 0. The van der Waals surface area contributed by atoms with Crippen LogP contribution in [0.3, 0.4) is 0 Å². The van der Waals surface area contributed by atoms with Crippen LogP contribution in [-0.4, -0.2) is 30.6 Å². The molecule has 4 rings (SSSR count). The van der Waals surface area contributed by atoms with Crippen LogP contribution in [0, 0.1) is 0 Å². The minimum absolute atomic E-state index is 0.00303. The molecular weight excluding hydrogens is 342 g/mol. The summed E-state index contributed by atoms with van der Waals surface area (Å²) in [5, 5.41) is 0. The Balaban J connectivity index is 1.69. The van der Waals surface area contributed by atoms with Gasteiger partial charge < -0.3 is 9.47 Å². The van der Waals surface area contributed by atoms with E-state index in [4.69, 9.17) is 9.47 Å². The molecule has 2 heterocycles. The number of carbonyl (C=O) groups is 2. The third-order valence-electron chi connectivity index (χ3n) is 5.21. The van der Waals surface area contributed by atoms with E-state index in [1.54, 1.807) is 13.2 Å². The molecule has 0 radical (unpaired) electrons. The highest BCUT2D eigenvalue weighted by atomic mass is 16.5. The molecule has 27 heavy (non-hydrogen) atoms. The summed E-state index contributed by atoms with van der Waals surface area (Å²) in [6.45, 7) is 2.20. The van der Waals surface area contributed by atoms with E-state index in [2.05, 4.69) is 4.90 Å². The molecule has 0 aromatic heterocycles. The molecule has 0 saturated carbocycles. The fourth-order valence-electron chi connectivity index (χ4n) is 3.83.